The Kier molecular flexibility index (Phi) is 4.66. The molecule has 0 aliphatic heterocycles. The molecule has 0 aliphatic carbocycles. The number of rotatable bonds is 5. The summed E-state index contributed by atoms with van der Waals surface area (Å²) < 4.78 is 10.9. The number of fused-ring (bicyclic) bond motifs is 1. The first-order chi connectivity index (χ1) is 11.7. The molecule has 3 rings (SSSR count). The summed E-state index contributed by atoms with van der Waals surface area (Å²) >= 11 is 0. The number of hydrogen-bond donors (Lipinski definition) is 1. The largest absolute Gasteiger partial charge is 0.497 e. The van der Waals surface area contributed by atoms with Gasteiger partial charge in [0.25, 0.3) is 0 Å². The summed E-state index contributed by atoms with van der Waals surface area (Å²) in [6.45, 7) is 2.06. The van der Waals surface area contributed by atoms with Crippen LogP contribution >= 0.6 is 0 Å². The van der Waals surface area contributed by atoms with E-state index in [0.717, 1.165) is 34.4 Å². The fraction of sp³-hybridized carbons (Fsp3) is 0.150. The topological polar surface area (TPSA) is 51.5 Å². The van der Waals surface area contributed by atoms with Crippen molar-refractivity contribution in [1.29, 1.82) is 0 Å². The molecule has 3 aromatic rings. The van der Waals surface area contributed by atoms with E-state index in [1.165, 1.54) is 6.08 Å². The maximum Gasteiger partial charge on any atom is 0.248 e. The number of amides is 1. The molecule has 4 nitrogen and oxygen atoms in total. The van der Waals surface area contributed by atoms with E-state index in [2.05, 4.69) is 12.2 Å². The fourth-order valence-electron chi connectivity index (χ4n) is 2.53. The van der Waals surface area contributed by atoms with E-state index in [-0.39, 0.29) is 5.91 Å². The number of carbonyl (C=O) groups is 1. The second-order valence-electron chi connectivity index (χ2n) is 5.39. The summed E-state index contributed by atoms with van der Waals surface area (Å²) in [6, 6.07) is 15.2. The molecule has 0 bridgehead atoms. The summed E-state index contributed by atoms with van der Waals surface area (Å²) in [5.74, 6) is 1.21. The average molecular weight is 321 g/mol. The van der Waals surface area contributed by atoms with Crippen molar-refractivity contribution >= 4 is 28.6 Å². The maximum atomic E-state index is 12.1. The van der Waals surface area contributed by atoms with Crippen LogP contribution in [0.1, 0.15) is 18.2 Å². The van der Waals surface area contributed by atoms with Gasteiger partial charge in [-0.05, 0) is 48.4 Å². The highest BCUT2D eigenvalue weighted by Crippen LogP contribution is 2.24. The molecule has 1 N–H and O–H groups in total. The van der Waals surface area contributed by atoms with E-state index in [1.54, 1.807) is 13.2 Å². The van der Waals surface area contributed by atoms with E-state index < -0.39 is 0 Å². The van der Waals surface area contributed by atoms with E-state index in [9.17, 15) is 4.79 Å². The van der Waals surface area contributed by atoms with Gasteiger partial charge in [0.05, 0.1) is 7.11 Å². The molecule has 0 saturated heterocycles. The quantitative estimate of drug-likeness (QED) is 0.696. The Morgan fingerprint density at radius 1 is 1.21 bits per heavy atom. The van der Waals surface area contributed by atoms with Crippen LogP contribution in [0.15, 0.2) is 59.0 Å². The van der Waals surface area contributed by atoms with E-state index >= 15 is 0 Å². The number of anilines is 1. The first-order valence-electron chi connectivity index (χ1n) is 7.84. The first kappa shape index (κ1) is 15.9. The van der Waals surface area contributed by atoms with Crippen LogP contribution in [0.2, 0.25) is 0 Å². The number of methoxy groups -OCH3 is 1. The lowest BCUT2D eigenvalue weighted by atomic mass is 10.1. The van der Waals surface area contributed by atoms with Gasteiger partial charge in [-0.1, -0.05) is 25.1 Å². The third kappa shape index (κ3) is 3.49. The van der Waals surface area contributed by atoms with Gasteiger partial charge in [-0.2, -0.15) is 0 Å². The summed E-state index contributed by atoms with van der Waals surface area (Å²) in [6.07, 6.45) is 4.00. The molecular formula is C20H19NO3. The zero-order valence-corrected chi connectivity index (χ0v) is 13.7. The van der Waals surface area contributed by atoms with Crippen LogP contribution in [0.4, 0.5) is 5.69 Å². The Labute approximate surface area is 140 Å². The van der Waals surface area contributed by atoms with Gasteiger partial charge in [-0.15, -0.1) is 0 Å². The maximum absolute atomic E-state index is 12.1. The Morgan fingerprint density at radius 3 is 2.83 bits per heavy atom. The molecule has 0 spiro atoms. The van der Waals surface area contributed by atoms with Crippen molar-refractivity contribution in [1.82, 2.24) is 0 Å². The molecule has 0 atom stereocenters. The van der Waals surface area contributed by atoms with Gasteiger partial charge in [0.2, 0.25) is 5.91 Å². The smallest absolute Gasteiger partial charge is 0.248 e. The standard InChI is InChI=1S/C20H19NO3/c1-3-14-6-4-5-7-18(14)21-20(22)11-9-17-13-15-12-16(23-2)8-10-19(15)24-17/h4-13H,3H2,1-2H3,(H,21,22). The number of hydrogen-bond acceptors (Lipinski definition) is 3. The molecule has 0 saturated carbocycles. The summed E-state index contributed by atoms with van der Waals surface area (Å²) in [5, 5.41) is 3.83. The molecule has 122 valence electrons. The molecule has 2 aromatic carbocycles. The minimum atomic E-state index is -0.186. The minimum absolute atomic E-state index is 0.186. The predicted octanol–water partition coefficient (Wildman–Crippen LogP) is 4.66. The zero-order valence-electron chi connectivity index (χ0n) is 13.7. The monoisotopic (exact) mass is 321 g/mol. The normalized spacial score (nSPS) is 11.1. The van der Waals surface area contributed by atoms with Crippen LogP contribution in [0.25, 0.3) is 17.0 Å². The molecule has 0 unspecified atom stereocenters. The summed E-state index contributed by atoms with van der Waals surface area (Å²) in [4.78, 5) is 12.1. The van der Waals surface area contributed by atoms with Crippen LogP contribution < -0.4 is 10.1 Å². The Morgan fingerprint density at radius 2 is 2.04 bits per heavy atom. The number of aryl methyl sites for hydroxylation is 1. The van der Waals surface area contributed by atoms with Crippen molar-refractivity contribution in [3.05, 3.63) is 65.9 Å². The summed E-state index contributed by atoms with van der Waals surface area (Å²) in [7, 11) is 1.63. The minimum Gasteiger partial charge on any atom is -0.497 e. The molecule has 0 radical (unpaired) electrons. The van der Waals surface area contributed by atoms with Gasteiger partial charge in [-0.25, -0.2) is 0 Å². The van der Waals surface area contributed by atoms with Gasteiger partial charge < -0.3 is 14.5 Å². The van der Waals surface area contributed by atoms with Crippen molar-refractivity contribution in [2.24, 2.45) is 0 Å². The Bertz CT molecular complexity index is 893. The highest BCUT2D eigenvalue weighted by atomic mass is 16.5. The molecule has 1 aromatic heterocycles. The third-order valence-electron chi connectivity index (χ3n) is 3.80. The molecule has 1 amide bonds. The number of ether oxygens (including phenoxy) is 1. The lowest BCUT2D eigenvalue weighted by molar-refractivity contribution is -0.111. The van der Waals surface area contributed by atoms with Crippen molar-refractivity contribution in [2.75, 3.05) is 12.4 Å². The Balaban J connectivity index is 1.74. The highest BCUT2D eigenvalue weighted by molar-refractivity contribution is 6.02. The number of nitrogens with one attached hydrogen (secondary N) is 1. The van der Waals surface area contributed by atoms with E-state index in [4.69, 9.17) is 9.15 Å². The number of furan rings is 1. The first-order valence-corrected chi connectivity index (χ1v) is 7.84. The SMILES string of the molecule is CCc1ccccc1NC(=O)C=Cc1cc2cc(OC)ccc2o1. The van der Waals surface area contributed by atoms with E-state index in [1.807, 2.05) is 48.5 Å². The molecule has 0 aliphatic rings. The molecular weight excluding hydrogens is 302 g/mol. The number of benzene rings is 2. The van der Waals surface area contributed by atoms with E-state index in [0.29, 0.717) is 5.76 Å². The van der Waals surface area contributed by atoms with Crippen molar-refractivity contribution in [3.8, 4) is 5.75 Å². The lowest BCUT2D eigenvalue weighted by Crippen LogP contribution is -2.09. The second kappa shape index (κ2) is 7.04. The zero-order chi connectivity index (χ0) is 16.9. The van der Waals surface area contributed by atoms with Crippen LogP contribution in [-0.4, -0.2) is 13.0 Å². The van der Waals surface area contributed by atoms with Crippen molar-refractivity contribution in [3.63, 3.8) is 0 Å². The predicted molar refractivity (Wildman–Crippen MR) is 96.2 cm³/mol. The lowest BCUT2D eigenvalue weighted by Gasteiger charge is -2.07. The van der Waals surface area contributed by atoms with Gasteiger partial charge in [0.1, 0.15) is 17.1 Å². The molecule has 4 heteroatoms. The third-order valence-corrected chi connectivity index (χ3v) is 3.80. The molecule has 0 fully saturated rings. The van der Waals surface area contributed by atoms with Crippen LogP contribution in [0.5, 0.6) is 5.75 Å². The van der Waals surface area contributed by atoms with Crippen LogP contribution in [0, 0.1) is 0 Å². The highest BCUT2D eigenvalue weighted by Gasteiger charge is 2.05. The second-order valence-corrected chi connectivity index (χ2v) is 5.39. The van der Waals surface area contributed by atoms with Gasteiger partial charge in [0, 0.05) is 17.1 Å². The van der Waals surface area contributed by atoms with Gasteiger partial charge in [0.15, 0.2) is 0 Å². The van der Waals surface area contributed by atoms with Crippen molar-refractivity contribution < 1.29 is 13.9 Å². The van der Waals surface area contributed by atoms with Crippen molar-refractivity contribution in [2.45, 2.75) is 13.3 Å². The van der Waals surface area contributed by atoms with Gasteiger partial charge >= 0.3 is 0 Å². The fourth-order valence-corrected chi connectivity index (χ4v) is 2.53. The number of carbonyl (C=O) groups excluding carboxylic acids is 1. The summed E-state index contributed by atoms with van der Waals surface area (Å²) in [5.41, 5.74) is 2.70. The molecule has 1 heterocycles. The molecule has 24 heavy (non-hydrogen) atoms. The van der Waals surface area contributed by atoms with Gasteiger partial charge in [-0.3, -0.25) is 4.79 Å². The average Bonchev–Trinajstić information content (AvgIpc) is 3.02. The van der Waals surface area contributed by atoms with Crippen LogP contribution in [0.3, 0.4) is 0 Å². The van der Waals surface area contributed by atoms with Crippen LogP contribution in [-0.2, 0) is 11.2 Å². The number of para-hydroxylation sites is 1. The Hall–Kier alpha value is -3.01.